The maximum Gasteiger partial charge on any atom is 0.573 e. The van der Waals surface area contributed by atoms with Crippen LogP contribution in [0.5, 0.6) is 5.75 Å². The van der Waals surface area contributed by atoms with Gasteiger partial charge in [-0.05, 0) is 35.4 Å². The van der Waals surface area contributed by atoms with Crippen LogP contribution in [0.1, 0.15) is 5.56 Å². The molecule has 4 nitrogen and oxygen atoms in total. The van der Waals surface area contributed by atoms with Crippen LogP contribution >= 0.6 is 0 Å². The number of ether oxygens (including phenoxy) is 1. The van der Waals surface area contributed by atoms with E-state index in [9.17, 15) is 22.4 Å². The number of aromatic nitrogens is 1. The molecule has 0 spiro atoms. The van der Waals surface area contributed by atoms with Gasteiger partial charge in [0.05, 0.1) is 11.9 Å². The van der Waals surface area contributed by atoms with Gasteiger partial charge < -0.3 is 14.8 Å². The molecule has 0 unspecified atom stereocenters. The van der Waals surface area contributed by atoms with Crippen LogP contribution in [0, 0.1) is 5.82 Å². The largest absolute Gasteiger partial charge is 0.573 e. The zero-order valence-electron chi connectivity index (χ0n) is 12.5. The van der Waals surface area contributed by atoms with Gasteiger partial charge in [-0.3, -0.25) is 4.79 Å². The Morgan fingerprint density at radius 3 is 2.64 bits per heavy atom. The van der Waals surface area contributed by atoms with E-state index in [2.05, 4.69) is 9.72 Å². The van der Waals surface area contributed by atoms with Crippen molar-refractivity contribution in [3.63, 3.8) is 0 Å². The quantitative estimate of drug-likeness (QED) is 0.679. The number of hydrogen-bond donors (Lipinski definition) is 2. The van der Waals surface area contributed by atoms with Crippen molar-refractivity contribution in [1.29, 1.82) is 0 Å². The Hall–Kier alpha value is -3.03. The molecule has 1 aromatic heterocycles. The molecule has 1 heterocycles. The third kappa shape index (κ3) is 3.57. The molecule has 0 aliphatic heterocycles. The lowest BCUT2D eigenvalue weighted by atomic mass is 10.0. The summed E-state index contributed by atoms with van der Waals surface area (Å²) in [6, 6.07) is 7.82. The van der Waals surface area contributed by atoms with Gasteiger partial charge in [0.15, 0.2) is 0 Å². The van der Waals surface area contributed by atoms with E-state index in [1.165, 1.54) is 24.4 Å². The molecule has 0 saturated heterocycles. The van der Waals surface area contributed by atoms with Crippen molar-refractivity contribution in [2.75, 3.05) is 0 Å². The van der Waals surface area contributed by atoms with Gasteiger partial charge in [0.25, 0.3) is 0 Å². The molecule has 0 saturated carbocycles. The fraction of sp³-hybridized carbons (Fsp3) is 0.118. The van der Waals surface area contributed by atoms with Gasteiger partial charge in [0, 0.05) is 17.1 Å². The number of carboxylic acid groups (broad SMARTS) is 1. The van der Waals surface area contributed by atoms with E-state index >= 15 is 0 Å². The van der Waals surface area contributed by atoms with E-state index < -0.39 is 23.9 Å². The molecular weight excluding hydrogens is 342 g/mol. The van der Waals surface area contributed by atoms with Crippen LogP contribution in [0.25, 0.3) is 22.0 Å². The van der Waals surface area contributed by atoms with Gasteiger partial charge in [-0.15, -0.1) is 13.2 Å². The van der Waals surface area contributed by atoms with Crippen LogP contribution in [-0.4, -0.2) is 22.4 Å². The standard InChI is InChI=1S/C17H11F4NO3/c18-13-5-4-12(16-15(13)10(8-22-16)7-14(23)24)9-2-1-3-11(6-9)25-17(19,20)21/h1-6,8,22H,7H2,(H,23,24). The topological polar surface area (TPSA) is 62.3 Å². The maximum atomic E-state index is 14.1. The first-order chi connectivity index (χ1) is 11.7. The Morgan fingerprint density at radius 1 is 1.20 bits per heavy atom. The Morgan fingerprint density at radius 2 is 1.96 bits per heavy atom. The lowest BCUT2D eigenvalue weighted by Gasteiger charge is -2.11. The highest BCUT2D eigenvalue weighted by atomic mass is 19.4. The molecule has 0 amide bonds. The molecule has 0 atom stereocenters. The number of hydrogen-bond acceptors (Lipinski definition) is 2. The van der Waals surface area contributed by atoms with E-state index in [4.69, 9.17) is 5.11 Å². The molecule has 3 rings (SSSR count). The van der Waals surface area contributed by atoms with Gasteiger partial charge in [-0.25, -0.2) is 4.39 Å². The maximum absolute atomic E-state index is 14.1. The Labute approximate surface area is 138 Å². The molecule has 2 N–H and O–H groups in total. The average Bonchev–Trinajstić information content (AvgIpc) is 2.90. The van der Waals surface area contributed by atoms with Gasteiger partial charge in [0.1, 0.15) is 11.6 Å². The zero-order chi connectivity index (χ0) is 18.2. The first kappa shape index (κ1) is 16.8. The molecule has 0 bridgehead atoms. The first-order valence-corrected chi connectivity index (χ1v) is 7.11. The summed E-state index contributed by atoms with van der Waals surface area (Å²) >= 11 is 0. The zero-order valence-corrected chi connectivity index (χ0v) is 12.5. The fourth-order valence-electron chi connectivity index (χ4n) is 2.68. The number of H-pyrrole nitrogens is 1. The number of alkyl halides is 3. The highest BCUT2D eigenvalue weighted by Crippen LogP contribution is 2.34. The second-order valence-electron chi connectivity index (χ2n) is 5.31. The van der Waals surface area contributed by atoms with Gasteiger partial charge in [-0.1, -0.05) is 12.1 Å². The summed E-state index contributed by atoms with van der Waals surface area (Å²) in [5, 5.41) is 9.01. The van der Waals surface area contributed by atoms with Gasteiger partial charge in [-0.2, -0.15) is 0 Å². The average molecular weight is 353 g/mol. The molecule has 0 fully saturated rings. The van der Waals surface area contributed by atoms with Crippen LogP contribution in [0.3, 0.4) is 0 Å². The highest BCUT2D eigenvalue weighted by molar-refractivity contribution is 5.97. The minimum atomic E-state index is -4.82. The second kappa shape index (κ2) is 6.12. The number of aliphatic carboxylic acids is 1. The second-order valence-corrected chi connectivity index (χ2v) is 5.31. The van der Waals surface area contributed by atoms with Crippen molar-refractivity contribution in [3.8, 4) is 16.9 Å². The first-order valence-electron chi connectivity index (χ1n) is 7.11. The molecule has 2 aromatic carbocycles. The normalized spacial score (nSPS) is 11.7. The summed E-state index contributed by atoms with van der Waals surface area (Å²) in [4.78, 5) is 13.7. The van der Waals surface area contributed by atoms with Crippen LogP contribution in [0.4, 0.5) is 17.6 Å². The van der Waals surface area contributed by atoms with Crippen molar-refractivity contribution in [3.05, 3.63) is 54.0 Å². The Kier molecular flexibility index (Phi) is 4.12. The van der Waals surface area contributed by atoms with Crippen molar-refractivity contribution in [2.24, 2.45) is 0 Å². The summed E-state index contributed by atoms with van der Waals surface area (Å²) in [5.74, 6) is -2.13. The molecule has 130 valence electrons. The van der Waals surface area contributed by atoms with Crippen molar-refractivity contribution in [1.82, 2.24) is 4.98 Å². The van der Waals surface area contributed by atoms with Gasteiger partial charge in [0.2, 0.25) is 0 Å². The number of rotatable bonds is 4. The number of nitrogens with one attached hydrogen (secondary N) is 1. The summed E-state index contributed by atoms with van der Waals surface area (Å²) < 4.78 is 55.2. The Bertz CT molecular complexity index is 947. The van der Waals surface area contributed by atoms with E-state index in [0.717, 1.165) is 12.1 Å². The van der Waals surface area contributed by atoms with E-state index in [-0.39, 0.29) is 17.4 Å². The molecule has 0 radical (unpaired) electrons. The molecule has 3 aromatic rings. The summed E-state index contributed by atoms with van der Waals surface area (Å²) in [6.07, 6.45) is -3.82. The SMILES string of the molecule is O=C(O)Cc1c[nH]c2c(-c3cccc(OC(F)(F)F)c3)ccc(F)c12. The molecule has 8 heteroatoms. The third-order valence-corrected chi connectivity index (χ3v) is 3.59. The van der Waals surface area contributed by atoms with Crippen LogP contribution in [0.2, 0.25) is 0 Å². The summed E-state index contributed by atoms with van der Waals surface area (Å²) in [5.41, 5.74) is 1.36. The highest BCUT2D eigenvalue weighted by Gasteiger charge is 2.31. The predicted molar refractivity (Wildman–Crippen MR) is 81.7 cm³/mol. The minimum absolute atomic E-state index is 0.0991. The molecule has 25 heavy (non-hydrogen) atoms. The summed E-state index contributed by atoms with van der Waals surface area (Å²) in [6.45, 7) is 0. The molecule has 0 aliphatic rings. The number of fused-ring (bicyclic) bond motifs is 1. The van der Waals surface area contributed by atoms with E-state index in [1.54, 1.807) is 6.07 Å². The molecular formula is C17H11F4NO3. The number of benzene rings is 2. The Balaban J connectivity index is 2.11. The lowest BCUT2D eigenvalue weighted by Crippen LogP contribution is -2.17. The van der Waals surface area contributed by atoms with Crippen LogP contribution in [0.15, 0.2) is 42.6 Å². The molecule has 0 aliphatic carbocycles. The van der Waals surface area contributed by atoms with Crippen molar-refractivity contribution in [2.45, 2.75) is 12.8 Å². The third-order valence-electron chi connectivity index (χ3n) is 3.59. The monoisotopic (exact) mass is 353 g/mol. The number of halogens is 4. The van der Waals surface area contributed by atoms with Crippen LogP contribution < -0.4 is 4.74 Å². The lowest BCUT2D eigenvalue weighted by molar-refractivity contribution is -0.274. The number of carbonyl (C=O) groups is 1. The van der Waals surface area contributed by atoms with E-state index in [1.807, 2.05) is 0 Å². The van der Waals surface area contributed by atoms with Crippen molar-refractivity contribution >= 4 is 16.9 Å². The predicted octanol–water partition coefficient (Wildman–Crippen LogP) is 4.50. The fourth-order valence-corrected chi connectivity index (χ4v) is 2.68. The van der Waals surface area contributed by atoms with Crippen molar-refractivity contribution < 1.29 is 32.2 Å². The van der Waals surface area contributed by atoms with E-state index in [0.29, 0.717) is 16.6 Å². The smallest absolute Gasteiger partial charge is 0.481 e. The number of aromatic amines is 1. The van der Waals surface area contributed by atoms with Crippen LogP contribution in [-0.2, 0) is 11.2 Å². The summed E-state index contributed by atoms with van der Waals surface area (Å²) in [7, 11) is 0. The number of carboxylic acids is 1. The minimum Gasteiger partial charge on any atom is -0.481 e. The van der Waals surface area contributed by atoms with Gasteiger partial charge >= 0.3 is 12.3 Å².